The maximum Gasteiger partial charge on any atom is 0.270 e. The predicted molar refractivity (Wildman–Crippen MR) is 123 cm³/mol. The van der Waals surface area contributed by atoms with Crippen LogP contribution in [-0.4, -0.2) is 62.1 Å². The van der Waals surface area contributed by atoms with E-state index in [0.717, 1.165) is 31.9 Å². The maximum absolute atomic E-state index is 12.9. The van der Waals surface area contributed by atoms with Gasteiger partial charge >= 0.3 is 0 Å². The summed E-state index contributed by atoms with van der Waals surface area (Å²) in [4.78, 5) is 31.7. The Balaban J connectivity index is 1.35. The highest BCUT2D eigenvalue weighted by atomic mass is 16.5. The number of fused-ring (bicyclic) bond motifs is 1. The van der Waals surface area contributed by atoms with Crippen molar-refractivity contribution in [1.29, 1.82) is 0 Å². The largest absolute Gasteiger partial charge is 0.476 e. The van der Waals surface area contributed by atoms with E-state index in [-0.39, 0.29) is 18.2 Å². The summed E-state index contributed by atoms with van der Waals surface area (Å²) >= 11 is 0. The molecule has 0 aliphatic carbocycles. The van der Waals surface area contributed by atoms with E-state index in [2.05, 4.69) is 22.2 Å². The van der Waals surface area contributed by atoms with E-state index in [9.17, 15) is 9.59 Å². The van der Waals surface area contributed by atoms with E-state index in [1.165, 1.54) is 5.69 Å². The molecule has 2 aliphatic rings. The van der Waals surface area contributed by atoms with Crippen molar-refractivity contribution >= 4 is 28.9 Å². The molecule has 2 amide bonds. The molecule has 1 saturated heterocycles. The van der Waals surface area contributed by atoms with Crippen LogP contribution in [0.5, 0.6) is 5.75 Å². The summed E-state index contributed by atoms with van der Waals surface area (Å²) in [6.45, 7) is 7.92. The molecular formula is C24H30N4O3. The van der Waals surface area contributed by atoms with Gasteiger partial charge < -0.3 is 24.8 Å². The zero-order chi connectivity index (χ0) is 22.0. The lowest BCUT2D eigenvalue weighted by molar-refractivity contribution is -0.132. The molecule has 1 N–H and O–H groups in total. The van der Waals surface area contributed by atoms with Crippen molar-refractivity contribution in [3.05, 3.63) is 48.5 Å². The van der Waals surface area contributed by atoms with Crippen LogP contribution in [0.2, 0.25) is 0 Å². The fourth-order valence-electron chi connectivity index (χ4n) is 4.00. The number of hydrogen-bond acceptors (Lipinski definition) is 5. The molecule has 0 spiro atoms. The van der Waals surface area contributed by atoms with Gasteiger partial charge in [-0.25, -0.2) is 0 Å². The topological polar surface area (TPSA) is 65.1 Å². The van der Waals surface area contributed by atoms with Gasteiger partial charge in [0.1, 0.15) is 5.75 Å². The molecule has 164 valence electrons. The van der Waals surface area contributed by atoms with Gasteiger partial charge in [-0.05, 0) is 57.3 Å². The van der Waals surface area contributed by atoms with E-state index in [1.807, 2.05) is 48.5 Å². The van der Waals surface area contributed by atoms with Gasteiger partial charge in [0, 0.05) is 50.5 Å². The molecule has 31 heavy (non-hydrogen) atoms. The van der Waals surface area contributed by atoms with Gasteiger partial charge in [0.05, 0.1) is 5.69 Å². The molecule has 7 heteroatoms. The lowest BCUT2D eigenvalue weighted by Crippen LogP contribution is -2.53. The second kappa shape index (κ2) is 8.59. The summed E-state index contributed by atoms with van der Waals surface area (Å²) in [5.74, 6) is 0.393. The van der Waals surface area contributed by atoms with Crippen LogP contribution in [0.15, 0.2) is 48.5 Å². The van der Waals surface area contributed by atoms with Crippen molar-refractivity contribution in [2.75, 3.05) is 54.9 Å². The second-order valence-electron chi connectivity index (χ2n) is 8.67. The molecule has 0 atom stereocenters. The van der Waals surface area contributed by atoms with Gasteiger partial charge in [-0.1, -0.05) is 12.1 Å². The third-order valence-electron chi connectivity index (χ3n) is 5.86. The van der Waals surface area contributed by atoms with Gasteiger partial charge in [-0.15, -0.1) is 0 Å². The minimum absolute atomic E-state index is 0.123. The Bertz CT molecular complexity index is 950. The average Bonchev–Trinajstić information content (AvgIpc) is 2.75. The SMILES string of the molecule is CN1CCN(c2ccc(NC(=O)CCN3C(=O)C(C)(C)Oc4ccccc43)cc2)CC1. The van der Waals surface area contributed by atoms with Gasteiger partial charge in [-0.2, -0.15) is 0 Å². The molecule has 2 aromatic carbocycles. The highest BCUT2D eigenvalue weighted by Gasteiger charge is 2.40. The van der Waals surface area contributed by atoms with Gasteiger partial charge in [0.25, 0.3) is 5.91 Å². The predicted octanol–water partition coefficient (Wildman–Crippen LogP) is 2.97. The van der Waals surface area contributed by atoms with Crippen LogP contribution in [-0.2, 0) is 9.59 Å². The molecule has 0 aromatic heterocycles. The first kappa shape index (κ1) is 21.2. The smallest absolute Gasteiger partial charge is 0.270 e. The van der Waals surface area contributed by atoms with Crippen molar-refractivity contribution in [2.45, 2.75) is 25.9 Å². The van der Waals surface area contributed by atoms with E-state index in [4.69, 9.17) is 4.74 Å². The van der Waals surface area contributed by atoms with Gasteiger partial charge in [0.15, 0.2) is 5.60 Å². The monoisotopic (exact) mass is 422 g/mol. The minimum Gasteiger partial charge on any atom is -0.476 e. The first-order chi connectivity index (χ1) is 14.8. The quantitative estimate of drug-likeness (QED) is 0.803. The first-order valence-electron chi connectivity index (χ1n) is 10.8. The number of likely N-dealkylation sites (N-methyl/N-ethyl adjacent to an activating group) is 1. The van der Waals surface area contributed by atoms with Crippen molar-refractivity contribution in [3.8, 4) is 5.75 Å². The highest BCUT2D eigenvalue weighted by Crippen LogP contribution is 2.37. The highest BCUT2D eigenvalue weighted by molar-refractivity contribution is 6.03. The molecule has 7 nitrogen and oxygen atoms in total. The lowest BCUT2D eigenvalue weighted by Gasteiger charge is -2.38. The van der Waals surface area contributed by atoms with Crippen LogP contribution in [0.3, 0.4) is 0 Å². The Hall–Kier alpha value is -3.06. The third-order valence-corrected chi connectivity index (χ3v) is 5.86. The standard InChI is InChI=1S/C24H30N4O3/c1-24(2)23(30)28(20-6-4-5-7-21(20)31-24)13-12-22(29)25-18-8-10-19(11-9-18)27-16-14-26(3)15-17-27/h4-11H,12-17H2,1-3H3,(H,25,29). The molecule has 4 rings (SSSR count). The van der Waals surface area contributed by atoms with E-state index in [1.54, 1.807) is 18.7 Å². The molecule has 0 saturated carbocycles. The molecule has 1 fully saturated rings. The molecule has 0 unspecified atom stereocenters. The Morgan fingerprint density at radius 2 is 1.71 bits per heavy atom. The normalized spacial score (nSPS) is 18.4. The number of ether oxygens (including phenoxy) is 1. The van der Waals surface area contributed by atoms with E-state index in [0.29, 0.717) is 18.0 Å². The number of benzene rings is 2. The molecular weight excluding hydrogens is 392 g/mol. The first-order valence-corrected chi connectivity index (χ1v) is 10.8. The molecule has 2 heterocycles. The number of amides is 2. The Morgan fingerprint density at radius 1 is 1.03 bits per heavy atom. The summed E-state index contributed by atoms with van der Waals surface area (Å²) in [6.07, 6.45) is 0.205. The fourth-order valence-corrected chi connectivity index (χ4v) is 4.00. The number of anilines is 3. The number of piperazine rings is 1. The number of nitrogens with one attached hydrogen (secondary N) is 1. The van der Waals surface area contributed by atoms with Crippen LogP contribution >= 0.6 is 0 Å². The van der Waals surface area contributed by atoms with Gasteiger partial charge in [0.2, 0.25) is 5.91 Å². The Labute approximate surface area is 183 Å². The number of rotatable bonds is 5. The zero-order valence-electron chi connectivity index (χ0n) is 18.4. The third kappa shape index (κ3) is 4.66. The molecule has 0 radical (unpaired) electrons. The summed E-state index contributed by atoms with van der Waals surface area (Å²) in [5.41, 5.74) is 1.68. The summed E-state index contributed by atoms with van der Waals surface area (Å²) < 4.78 is 5.83. The Morgan fingerprint density at radius 3 is 2.42 bits per heavy atom. The van der Waals surface area contributed by atoms with Crippen LogP contribution in [0.4, 0.5) is 17.1 Å². The van der Waals surface area contributed by atoms with Crippen LogP contribution in [0.25, 0.3) is 0 Å². The number of carbonyl (C=O) groups excluding carboxylic acids is 2. The van der Waals surface area contributed by atoms with Crippen molar-refractivity contribution < 1.29 is 14.3 Å². The average molecular weight is 423 g/mol. The van der Waals surface area contributed by atoms with Crippen LogP contribution in [0, 0.1) is 0 Å². The van der Waals surface area contributed by atoms with Crippen molar-refractivity contribution in [2.24, 2.45) is 0 Å². The number of nitrogens with zero attached hydrogens (tertiary/aromatic N) is 3. The zero-order valence-corrected chi connectivity index (χ0v) is 18.4. The van der Waals surface area contributed by atoms with Crippen LogP contribution < -0.4 is 19.9 Å². The van der Waals surface area contributed by atoms with Crippen molar-refractivity contribution in [1.82, 2.24) is 4.90 Å². The van der Waals surface area contributed by atoms with Gasteiger partial charge in [-0.3, -0.25) is 9.59 Å². The van der Waals surface area contributed by atoms with E-state index < -0.39 is 5.60 Å². The Kier molecular flexibility index (Phi) is 5.87. The lowest BCUT2D eigenvalue weighted by atomic mass is 10.0. The summed E-state index contributed by atoms with van der Waals surface area (Å²) in [6, 6.07) is 15.4. The van der Waals surface area contributed by atoms with Crippen LogP contribution in [0.1, 0.15) is 20.3 Å². The molecule has 2 aliphatic heterocycles. The maximum atomic E-state index is 12.9. The van der Waals surface area contributed by atoms with Crippen molar-refractivity contribution in [3.63, 3.8) is 0 Å². The summed E-state index contributed by atoms with van der Waals surface area (Å²) in [5, 5.41) is 2.94. The summed E-state index contributed by atoms with van der Waals surface area (Å²) in [7, 11) is 2.14. The minimum atomic E-state index is -0.954. The molecule has 2 aromatic rings. The molecule has 0 bridgehead atoms. The van der Waals surface area contributed by atoms with E-state index >= 15 is 0 Å². The number of hydrogen-bond donors (Lipinski definition) is 1. The second-order valence-corrected chi connectivity index (χ2v) is 8.67. The fraction of sp³-hybridized carbons (Fsp3) is 0.417. The number of para-hydroxylation sites is 2. The number of carbonyl (C=O) groups is 2.